The molecule has 0 radical (unpaired) electrons. The second-order valence-corrected chi connectivity index (χ2v) is 7.58. The average Bonchev–Trinajstić information content (AvgIpc) is 3.32. The van der Waals surface area contributed by atoms with Crippen LogP contribution in [-0.4, -0.2) is 0 Å². The summed E-state index contributed by atoms with van der Waals surface area (Å²) >= 11 is 4.66. The number of hydrogen-bond acceptors (Lipinski definition) is 5. The van der Waals surface area contributed by atoms with Crippen LogP contribution in [0.1, 0.15) is 19.5 Å². The van der Waals surface area contributed by atoms with Crippen LogP contribution in [0.5, 0.6) is 0 Å². The number of rotatable bonds is 4. The number of thiophene rings is 3. The van der Waals surface area contributed by atoms with E-state index in [0.29, 0.717) is 11.1 Å². The summed E-state index contributed by atoms with van der Waals surface area (Å²) in [4.78, 5) is 3.85. The lowest BCUT2D eigenvalue weighted by atomic mass is 10.2. The normalized spacial score (nSPS) is 11.9. The molecule has 0 aliphatic heterocycles. The Balaban J connectivity index is 1.94. The SMILES string of the molecule is N#C/C(=C\c1cccs1)c1ccc(/C(C#N)=C/c2cccs2)s1. The Morgan fingerprint density at radius 3 is 1.61 bits per heavy atom. The molecule has 2 nitrogen and oxygen atoms in total. The molecule has 0 saturated heterocycles. The number of hydrogen-bond donors (Lipinski definition) is 0. The van der Waals surface area contributed by atoms with Gasteiger partial charge in [-0.1, -0.05) is 12.1 Å². The molecule has 110 valence electrons. The van der Waals surface area contributed by atoms with E-state index in [1.807, 2.05) is 59.3 Å². The molecule has 3 heterocycles. The molecule has 0 N–H and O–H groups in total. The second-order valence-electron chi connectivity index (χ2n) is 4.53. The molecule has 0 aliphatic carbocycles. The van der Waals surface area contributed by atoms with Gasteiger partial charge in [-0.2, -0.15) is 10.5 Å². The summed E-state index contributed by atoms with van der Waals surface area (Å²) in [6, 6.07) is 16.2. The van der Waals surface area contributed by atoms with E-state index >= 15 is 0 Å². The molecule has 0 saturated carbocycles. The van der Waals surface area contributed by atoms with Crippen LogP contribution < -0.4 is 0 Å². The molecule has 0 bridgehead atoms. The van der Waals surface area contributed by atoms with E-state index in [9.17, 15) is 10.5 Å². The lowest BCUT2D eigenvalue weighted by Gasteiger charge is -1.94. The molecule has 0 amide bonds. The van der Waals surface area contributed by atoms with Crippen molar-refractivity contribution in [3.05, 3.63) is 66.7 Å². The van der Waals surface area contributed by atoms with E-state index in [2.05, 4.69) is 12.1 Å². The topological polar surface area (TPSA) is 47.6 Å². The molecule has 0 fully saturated rings. The quantitative estimate of drug-likeness (QED) is 0.542. The van der Waals surface area contributed by atoms with E-state index in [-0.39, 0.29) is 0 Å². The molecule has 5 heteroatoms. The molecule has 23 heavy (non-hydrogen) atoms. The highest BCUT2D eigenvalue weighted by Gasteiger charge is 2.09. The van der Waals surface area contributed by atoms with Gasteiger partial charge >= 0.3 is 0 Å². The third-order valence-corrected chi connectivity index (χ3v) is 5.83. The minimum Gasteiger partial charge on any atom is -0.192 e. The molecule has 0 aliphatic rings. The zero-order valence-corrected chi connectivity index (χ0v) is 14.3. The van der Waals surface area contributed by atoms with E-state index < -0.39 is 0 Å². The molecule has 0 unspecified atom stereocenters. The fourth-order valence-corrected chi connectivity index (χ4v) is 4.23. The average molecular weight is 350 g/mol. The van der Waals surface area contributed by atoms with Gasteiger partial charge in [0.2, 0.25) is 0 Å². The molecular formula is C18H10N2S3. The summed E-state index contributed by atoms with van der Waals surface area (Å²) in [5.41, 5.74) is 1.24. The second kappa shape index (κ2) is 7.21. The Morgan fingerprint density at radius 2 is 1.26 bits per heavy atom. The molecule has 0 aromatic carbocycles. The third kappa shape index (κ3) is 3.67. The number of nitrogens with zero attached hydrogens (tertiary/aromatic N) is 2. The standard InChI is InChI=1S/C18H10N2S3/c19-11-13(9-15-3-1-7-21-15)17-5-6-18(23-17)14(12-20)10-16-4-2-8-22-16/h1-10H/b13-9+,14-10+. The van der Waals surface area contributed by atoms with Crippen LogP contribution in [0.25, 0.3) is 23.3 Å². The predicted octanol–water partition coefficient (Wildman–Crippen LogP) is 6.00. The van der Waals surface area contributed by atoms with E-state index in [0.717, 1.165) is 19.5 Å². The van der Waals surface area contributed by atoms with Crippen molar-refractivity contribution >= 4 is 57.3 Å². The van der Waals surface area contributed by atoms with Gasteiger partial charge in [0.1, 0.15) is 12.1 Å². The molecular weight excluding hydrogens is 340 g/mol. The summed E-state index contributed by atoms with van der Waals surface area (Å²) in [5.74, 6) is 0. The molecule has 3 aromatic heterocycles. The maximum Gasteiger partial charge on any atom is 0.101 e. The Kier molecular flexibility index (Phi) is 4.85. The minimum atomic E-state index is 0.622. The smallest absolute Gasteiger partial charge is 0.101 e. The van der Waals surface area contributed by atoms with Crippen molar-refractivity contribution in [2.45, 2.75) is 0 Å². The van der Waals surface area contributed by atoms with Gasteiger partial charge in [-0.3, -0.25) is 0 Å². The number of nitriles is 2. The maximum atomic E-state index is 9.41. The predicted molar refractivity (Wildman–Crippen MR) is 99.9 cm³/mol. The van der Waals surface area contributed by atoms with Crippen molar-refractivity contribution in [3.8, 4) is 12.1 Å². The Bertz CT molecular complexity index is 851. The largest absolute Gasteiger partial charge is 0.192 e. The monoisotopic (exact) mass is 350 g/mol. The highest BCUT2D eigenvalue weighted by Crippen LogP contribution is 2.31. The van der Waals surface area contributed by atoms with Gasteiger partial charge in [-0.25, -0.2) is 0 Å². The summed E-state index contributed by atoms with van der Waals surface area (Å²) in [5, 5.41) is 22.8. The Hall–Kier alpha value is -2.44. The number of allylic oxidation sites excluding steroid dienone is 2. The van der Waals surface area contributed by atoms with Crippen LogP contribution in [0.2, 0.25) is 0 Å². The highest BCUT2D eigenvalue weighted by atomic mass is 32.1. The van der Waals surface area contributed by atoms with Crippen LogP contribution in [0.3, 0.4) is 0 Å². The van der Waals surface area contributed by atoms with Crippen molar-refractivity contribution in [3.63, 3.8) is 0 Å². The van der Waals surface area contributed by atoms with Crippen molar-refractivity contribution < 1.29 is 0 Å². The molecule has 0 spiro atoms. The van der Waals surface area contributed by atoms with Crippen molar-refractivity contribution in [1.82, 2.24) is 0 Å². The maximum absolute atomic E-state index is 9.41. The summed E-state index contributed by atoms with van der Waals surface area (Å²) < 4.78 is 0. The van der Waals surface area contributed by atoms with Gasteiger partial charge in [-0.05, 0) is 47.2 Å². The van der Waals surface area contributed by atoms with E-state index in [4.69, 9.17) is 0 Å². The van der Waals surface area contributed by atoms with Gasteiger partial charge in [0, 0.05) is 19.5 Å². The van der Waals surface area contributed by atoms with E-state index in [1.54, 1.807) is 22.7 Å². The van der Waals surface area contributed by atoms with Crippen LogP contribution >= 0.6 is 34.0 Å². The van der Waals surface area contributed by atoms with Crippen molar-refractivity contribution in [1.29, 1.82) is 10.5 Å². The van der Waals surface area contributed by atoms with Gasteiger partial charge in [0.25, 0.3) is 0 Å². The van der Waals surface area contributed by atoms with Gasteiger partial charge in [0.05, 0.1) is 11.1 Å². The summed E-state index contributed by atoms with van der Waals surface area (Å²) in [7, 11) is 0. The Morgan fingerprint density at radius 1 is 0.783 bits per heavy atom. The van der Waals surface area contributed by atoms with Crippen LogP contribution in [-0.2, 0) is 0 Å². The van der Waals surface area contributed by atoms with Crippen LogP contribution in [0, 0.1) is 22.7 Å². The first-order valence-electron chi connectivity index (χ1n) is 6.71. The van der Waals surface area contributed by atoms with Gasteiger partial charge < -0.3 is 0 Å². The Labute approximate surface area is 146 Å². The van der Waals surface area contributed by atoms with E-state index in [1.165, 1.54) is 11.3 Å². The lowest BCUT2D eigenvalue weighted by Crippen LogP contribution is -1.74. The fraction of sp³-hybridized carbons (Fsp3) is 0. The third-order valence-electron chi connectivity index (χ3n) is 3.04. The molecule has 3 aromatic rings. The van der Waals surface area contributed by atoms with Crippen molar-refractivity contribution in [2.75, 3.05) is 0 Å². The highest BCUT2D eigenvalue weighted by molar-refractivity contribution is 7.15. The zero-order valence-electron chi connectivity index (χ0n) is 11.9. The molecule has 3 rings (SSSR count). The van der Waals surface area contributed by atoms with Crippen LogP contribution in [0.4, 0.5) is 0 Å². The summed E-state index contributed by atoms with van der Waals surface area (Å²) in [6.45, 7) is 0. The first kappa shape index (κ1) is 15.5. The lowest BCUT2D eigenvalue weighted by molar-refractivity contribution is 1.54. The van der Waals surface area contributed by atoms with Crippen LogP contribution in [0.15, 0.2) is 47.2 Å². The zero-order chi connectivity index (χ0) is 16.1. The fourth-order valence-electron chi connectivity index (χ4n) is 1.98. The molecule has 0 atom stereocenters. The first-order chi connectivity index (χ1) is 11.3. The van der Waals surface area contributed by atoms with Crippen molar-refractivity contribution in [2.24, 2.45) is 0 Å². The van der Waals surface area contributed by atoms with Gasteiger partial charge in [-0.15, -0.1) is 34.0 Å². The summed E-state index contributed by atoms with van der Waals surface area (Å²) in [6.07, 6.45) is 3.77. The first-order valence-corrected chi connectivity index (χ1v) is 9.29. The van der Waals surface area contributed by atoms with Gasteiger partial charge in [0.15, 0.2) is 0 Å². The minimum absolute atomic E-state index is 0.622.